The zero-order valence-electron chi connectivity index (χ0n) is 11.1. The summed E-state index contributed by atoms with van der Waals surface area (Å²) in [6.45, 7) is 2.39. The van der Waals surface area contributed by atoms with Gasteiger partial charge in [0, 0.05) is 29.7 Å². The minimum atomic E-state index is -0.204. The number of nitrogens with one attached hydrogen (secondary N) is 1. The number of hydrogen-bond donors (Lipinski definition) is 1. The van der Waals surface area contributed by atoms with Gasteiger partial charge in [-0.3, -0.25) is 4.79 Å². The third-order valence-corrected chi connectivity index (χ3v) is 2.39. The second kappa shape index (κ2) is 7.04. The molecule has 0 unspecified atom stereocenters. The number of nitrogens with zero attached hydrogens (tertiary/aromatic N) is 2. The maximum atomic E-state index is 11.7. The number of para-hydroxylation sites is 1. The Bertz CT molecular complexity index is 580. The molecule has 0 radical (unpaired) electrons. The van der Waals surface area contributed by atoms with Crippen LogP contribution in [0.3, 0.4) is 0 Å². The second-order valence-corrected chi connectivity index (χ2v) is 3.92. The molecule has 1 aromatic heterocycles. The van der Waals surface area contributed by atoms with Crippen molar-refractivity contribution in [3.05, 3.63) is 54.4 Å². The van der Waals surface area contributed by atoms with Crippen LogP contribution in [-0.2, 0) is 4.79 Å². The van der Waals surface area contributed by atoms with Crippen LogP contribution in [-0.4, -0.2) is 22.5 Å². The van der Waals surface area contributed by atoms with Crippen molar-refractivity contribution in [2.45, 2.75) is 6.92 Å². The predicted molar refractivity (Wildman–Crippen MR) is 77.3 cm³/mol. The van der Waals surface area contributed by atoms with Crippen molar-refractivity contribution in [1.82, 2.24) is 9.97 Å². The van der Waals surface area contributed by atoms with Crippen molar-refractivity contribution < 1.29 is 9.53 Å². The number of carbonyl (C=O) groups is 1. The summed E-state index contributed by atoms with van der Waals surface area (Å²) in [4.78, 5) is 19.7. The molecule has 102 valence electrons. The quantitative estimate of drug-likeness (QED) is 0.847. The topological polar surface area (TPSA) is 64.1 Å². The average molecular weight is 269 g/mol. The monoisotopic (exact) mass is 269 g/mol. The van der Waals surface area contributed by atoms with E-state index in [-0.39, 0.29) is 5.91 Å². The Morgan fingerprint density at radius 1 is 1.25 bits per heavy atom. The molecular weight excluding hydrogens is 254 g/mol. The van der Waals surface area contributed by atoms with Gasteiger partial charge in [-0.15, -0.1) is 0 Å². The summed E-state index contributed by atoms with van der Waals surface area (Å²) in [5.41, 5.74) is 1.49. The van der Waals surface area contributed by atoms with Gasteiger partial charge >= 0.3 is 6.01 Å². The highest BCUT2D eigenvalue weighted by Gasteiger charge is 1.98. The lowest BCUT2D eigenvalue weighted by molar-refractivity contribution is -0.111. The van der Waals surface area contributed by atoms with Gasteiger partial charge in [0.1, 0.15) is 0 Å². The highest BCUT2D eigenvalue weighted by Crippen LogP contribution is 2.06. The first kappa shape index (κ1) is 13.7. The van der Waals surface area contributed by atoms with E-state index in [1.807, 2.05) is 37.3 Å². The van der Waals surface area contributed by atoms with E-state index in [1.165, 1.54) is 6.08 Å². The van der Waals surface area contributed by atoms with Crippen molar-refractivity contribution in [2.75, 3.05) is 11.9 Å². The summed E-state index contributed by atoms with van der Waals surface area (Å²) in [7, 11) is 0. The van der Waals surface area contributed by atoms with E-state index < -0.39 is 0 Å². The molecule has 1 N–H and O–H groups in total. The Hall–Kier alpha value is -2.69. The molecule has 0 fully saturated rings. The molecule has 2 rings (SSSR count). The van der Waals surface area contributed by atoms with Crippen LogP contribution in [0.25, 0.3) is 6.08 Å². The standard InChI is InChI=1S/C15H15N3O2/c1-2-20-15-16-10-12(11-17-15)8-9-14(19)18-13-6-4-3-5-7-13/h3-11H,2H2,1H3,(H,18,19)/b9-8+. The molecule has 5 nitrogen and oxygen atoms in total. The zero-order valence-corrected chi connectivity index (χ0v) is 11.1. The van der Waals surface area contributed by atoms with E-state index in [4.69, 9.17) is 4.74 Å². The van der Waals surface area contributed by atoms with Gasteiger partial charge in [0.05, 0.1) is 6.61 Å². The minimum absolute atomic E-state index is 0.204. The Balaban J connectivity index is 1.93. The summed E-state index contributed by atoms with van der Waals surface area (Å²) in [6.07, 6.45) is 6.29. The van der Waals surface area contributed by atoms with Crippen molar-refractivity contribution in [3.8, 4) is 6.01 Å². The van der Waals surface area contributed by atoms with Crippen LogP contribution in [0.4, 0.5) is 5.69 Å². The van der Waals surface area contributed by atoms with Gasteiger partial charge in [-0.25, -0.2) is 9.97 Å². The summed E-state index contributed by atoms with van der Waals surface area (Å²) >= 11 is 0. The van der Waals surface area contributed by atoms with Crippen molar-refractivity contribution >= 4 is 17.7 Å². The first-order valence-corrected chi connectivity index (χ1v) is 6.27. The number of anilines is 1. The Labute approximate surface area is 117 Å². The van der Waals surface area contributed by atoms with Crippen LogP contribution in [0, 0.1) is 0 Å². The molecule has 0 spiro atoms. The summed E-state index contributed by atoms with van der Waals surface area (Å²) in [5, 5.41) is 2.75. The molecule has 1 heterocycles. The average Bonchev–Trinajstić information content (AvgIpc) is 2.48. The molecule has 5 heteroatoms. The van der Waals surface area contributed by atoms with Gasteiger partial charge in [0.25, 0.3) is 0 Å². The van der Waals surface area contributed by atoms with E-state index in [0.29, 0.717) is 12.6 Å². The lowest BCUT2D eigenvalue weighted by atomic mass is 10.3. The van der Waals surface area contributed by atoms with E-state index in [2.05, 4.69) is 15.3 Å². The molecule has 0 saturated heterocycles. The molecule has 20 heavy (non-hydrogen) atoms. The van der Waals surface area contributed by atoms with Gasteiger partial charge in [0.2, 0.25) is 5.91 Å². The minimum Gasteiger partial charge on any atom is -0.464 e. The fourth-order valence-corrected chi connectivity index (χ4v) is 1.49. The number of amides is 1. The molecule has 0 aliphatic rings. The van der Waals surface area contributed by atoms with Gasteiger partial charge in [-0.1, -0.05) is 18.2 Å². The van der Waals surface area contributed by atoms with Gasteiger partial charge in [0.15, 0.2) is 0 Å². The predicted octanol–water partition coefficient (Wildman–Crippen LogP) is 2.53. The molecule has 0 saturated carbocycles. The van der Waals surface area contributed by atoms with Crippen LogP contribution >= 0.6 is 0 Å². The van der Waals surface area contributed by atoms with E-state index in [1.54, 1.807) is 18.5 Å². The van der Waals surface area contributed by atoms with E-state index in [0.717, 1.165) is 11.3 Å². The molecular formula is C15H15N3O2. The number of hydrogen-bond acceptors (Lipinski definition) is 4. The highest BCUT2D eigenvalue weighted by atomic mass is 16.5. The summed E-state index contributed by atoms with van der Waals surface area (Å²) < 4.78 is 5.14. The molecule has 0 atom stereocenters. The van der Waals surface area contributed by atoms with Crippen LogP contribution < -0.4 is 10.1 Å². The third kappa shape index (κ3) is 4.20. The van der Waals surface area contributed by atoms with Crippen molar-refractivity contribution in [1.29, 1.82) is 0 Å². The lowest BCUT2D eigenvalue weighted by Crippen LogP contribution is -2.07. The van der Waals surface area contributed by atoms with Gasteiger partial charge in [-0.2, -0.15) is 0 Å². The number of ether oxygens (including phenoxy) is 1. The fourth-order valence-electron chi connectivity index (χ4n) is 1.49. The highest BCUT2D eigenvalue weighted by molar-refractivity contribution is 6.01. The summed E-state index contributed by atoms with van der Waals surface area (Å²) in [5.74, 6) is -0.204. The maximum Gasteiger partial charge on any atom is 0.316 e. The molecule has 0 aliphatic heterocycles. The molecule has 0 aliphatic carbocycles. The third-order valence-electron chi connectivity index (χ3n) is 2.39. The van der Waals surface area contributed by atoms with Crippen LogP contribution in [0.2, 0.25) is 0 Å². The summed E-state index contributed by atoms with van der Waals surface area (Å²) in [6, 6.07) is 9.60. The Morgan fingerprint density at radius 2 is 1.95 bits per heavy atom. The number of carbonyl (C=O) groups excluding carboxylic acids is 1. The molecule has 1 amide bonds. The second-order valence-electron chi connectivity index (χ2n) is 3.92. The largest absolute Gasteiger partial charge is 0.464 e. The van der Waals surface area contributed by atoms with E-state index in [9.17, 15) is 4.79 Å². The first-order valence-electron chi connectivity index (χ1n) is 6.27. The van der Waals surface area contributed by atoms with Crippen molar-refractivity contribution in [2.24, 2.45) is 0 Å². The smallest absolute Gasteiger partial charge is 0.316 e. The number of rotatable bonds is 5. The number of benzene rings is 1. The SMILES string of the molecule is CCOc1ncc(/C=C/C(=O)Nc2ccccc2)cn1. The van der Waals surface area contributed by atoms with Crippen LogP contribution in [0.1, 0.15) is 12.5 Å². The fraction of sp³-hybridized carbons (Fsp3) is 0.133. The molecule has 2 aromatic rings. The van der Waals surface area contributed by atoms with Gasteiger partial charge in [-0.05, 0) is 25.1 Å². The van der Waals surface area contributed by atoms with Crippen LogP contribution in [0.5, 0.6) is 6.01 Å². The molecule has 1 aromatic carbocycles. The first-order chi connectivity index (χ1) is 9.78. The Kier molecular flexibility index (Phi) is 4.83. The lowest BCUT2D eigenvalue weighted by Gasteiger charge is -2.01. The maximum absolute atomic E-state index is 11.7. The van der Waals surface area contributed by atoms with E-state index >= 15 is 0 Å². The van der Waals surface area contributed by atoms with Crippen LogP contribution in [0.15, 0.2) is 48.8 Å². The van der Waals surface area contributed by atoms with Gasteiger partial charge < -0.3 is 10.1 Å². The van der Waals surface area contributed by atoms with Crippen molar-refractivity contribution in [3.63, 3.8) is 0 Å². The zero-order chi connectivity index (χ0) is 14.2. The Morgan fingerprint density at radius 3 is 2.60 bits per heavy atom. The number of aromatic nitrogens is 2. The molecule has 0 bridgehead atoms. The normalized spacial score (nSPS) is 10.4.